The fourth-order valence-corrected chi connectivity index (χ4v) is 3.01. The largest absolute Gasteiger partial charge is 0.446 e. The molecule has 0 atom stereocenters. The molecular formula is C19H16F3N3OS. The Morgan fingerprint density at radius 1 is 1.11 bits per heavy atom. The highest BCUT2D eigenvalue weighted by atomic mass is 32.2. The molecule has 0 unspecified atom stereocenters. The van der Waals surface area contributed by atoms with Crippen LogP contribution in [0, 0.1) is 6.92 Å². The highest BCUT2D eigenvalue weighted by Crippen LogP contribution is 2.36. The van der Waals surface area contributed by atoms with E-state index in [0.29, 0.717) is 17.8 Å². The van der Waals surface area contributed by atoms with E-state index in [4.69, 9.17) is 0 Å². The molecule has 3 rings (SSSR count). The van der Waals surface area contributed by atoms with Crippen LogP contribution in [0.25, 0.3) is 0 Å². The van der Waals surface area contributed by atoms with E-state index in [0.717, 1.165) is 11.4 Å². The number of benzene rings is 2. The first-order chi connectivity index (χ1) is 12.8. The number of thioether (sulfide) groups is 1. The Bertz CT molecular complexity index is 919. The summed E-state index contributed by atoms with van der Waals surface area (Å²) in [5.41, 5.74) is -2.39. The van der Waals surface area contributed by atoms with E-state index in [9.17, 15) is 18.0 Å². The Labute approximate surface area is 158 Å². The van der Waals surface area contributed by atoms with E-state index in [2.05, 4.69) is 10.3 Å². The fraction of sp³-hybridized carbons (Fsp3) is 0.158. The van der Waals surface area contributed by atoms with Crippen LogP contribution in [0.1, 0.15) is 21.7 Å². The van der Waals surface area contributed by atoms with Crippen LogP contribution in [0.5, 0.6) is 0 Å². The first kappa shape index (κ1) is 19.0. The predicted octanol–water partition coefficient (Wildman–Crippen LogP) is 5.10. The molecule has 2 aromatic carbocycles. The van der Waals surface area contributed by atoms with Crippen molar-refractivity contribution in [2.24, 2.45) is 0 Å². The van der Waals surface area contributed by atoms with Gasteiger partial charge in [-0.3, -0.25) is 4.79 Å². The molecule has 1 aromatic heterocycles. The van der Waals surface area contributed by atoms with E-state index in [1.165, 1.54) is 24.3 Å². The number of imidazole rings is 1. The highest BCUT2D eigenvalue weighted by molar-refractivity contribution is 8.00. The molecule has 0 spiro atoms. The zero-order valence-electron chi connectivity index (χ0n) is 14.3. The minimum atomic E-state index is -4.35. The third kappa shape index (κ3) is 5.37. The van der Waals surface area contributed by atoms with Gasteiger partial charge in [-0.1, -0.05) is 12.1 Å². The highest BCUT2D eigenvalue weighted by Gasteiger charge is 2.29. The molecule has 0 radical (unpaired) electrons. The summed E-state index contributed by atoms with van der Waals surface area (Å²) in [6.45, 7) is 2.60. The Morgan fingerprint density at radius 3 is 2.33 bits per heavy atom. The van der Waals surface area contributed by atoms with E-state index >= 15 is 0 Å². The number of carbonyl (C=O) groups excluding carboxylic acids is 1. The minimum Gasteiger partial charge on any atom is -0.331 e. The molecular weight excluding hydrogens is 375 g/mol. The van der Waals surface area contributed by atoms with E-state index < -0.39 is 5.51 Å². The molecule has 0 aliphatic carbocycles. The number of nitrogens with zero attached hydrogens (tertiary/aromatic N) is 2. The van der Waals surface area contributed by atoms with Crippen LogP contribution in [0.4, 0.5) is 18.9 Å². The molecule has 140 valence electrons. The number of aromatic nitrogens is 2. The molecule has 3 aromatic rings. The second-order valence-electron chi connectivity index (χ2n) is 5.83. The molecule has 0 aliphatic rings. The van der Waals surface area contributed by atoms with E-state index in [1.807, 2.05) is 29.8 Å². The van der Waals surface area contributed by atoms with Crippen LogP contribution in [0.3, 0.4) is 0 Å². The van der Waals surface area contributed by atoms with Gasteiger partial charge in [-0.15, -0.1) is 0 Å². The standard InChI is InChI=1S/C19H16F3N3OS/c1-13-23-10-11-25(13)12-14-2-6-16(7-3-14)24-18(26)15-4-8-17(9-5-15)27-19(20,21)22/h2-11H,12H2,1H3,(H,24,26). The first-order valence-corrected chi connectivity index (χ1v) is 8.86. The van der Waals surface area contributed by atoms with Crippen molar-refractivity contribution < 1.29 is 18.0 Å². The van der Waals surface area contributed by atoms with Gasteiger partial charge in [-0.25, -0.2) is 4.98 Å². The van der Waals surface area contributed by atoms with Crippen molar-refractivity contribution in [1.82, 2.24) is 9.55 Å². The van der Waals surface area contributed by atoms with Crippen molar-refractivity contribution in [2.75, 3.05) is 5.32 Å². The summed E-state index contributed by atoms with van der Waals surface area (Å²) in [5.74, 6) is 0.538. The third-order valence-electron chi connectivity index (χ3n) is 3.84. The van der Waals surface area contributed by atoms with Crippen molar-refractivity contribution in [2.45, 2.75) is 23.9 Å². The zero-order chi connectivity index (χ0) is 19.4. The van der Waals surface area contributed by atoms with Crippen molar-refractivity contribution in [3.63, 3.8) is 0 Å². The minimum absolute atomic E-state index is 0.0400. The second-order valence-corrected chi connectivity index (χ2v) is 6.96. The average molecular weight is 391 g/mol. The lowest BCUT2D eigenvalue weighted by molar-refractivity contribution is -0.0328. The van der Waals surface area contributed by atoms with Gasteiger partial charge in [0.2, 0.25) is 0 Å². The van der Waals surface area contributed by atoms with E-state index in [-0.39, 0.29) is 22.6 Å². The Morgan fingerprint density at radius 2 is 1.78 bits per heavy atom. The van der Waals surface area contributed by atoms with Gasteiger partial charge in [0, 0.05) is 35.1 Å². The van der Waals surface area contributed by atoms with Gasteiger partial charge in [0.1, 0.15) is 5.82 Å². The zero-order valence-corrected chi connectivity index (χ0v) is 15.1. The molecule has 27 heavy (non-hydrogen) atoms. The number of alkyl halides is 3. The van der Waals surface area contributed by atoms with Gasteiger partial charge >= 0.3 is 5.51 Å². The van der Waals surface area contributed by atoms with Gasteiger partial charge in [0.05, 0.1) is 0 Å². The molecule has 0 saturated carbocycles. The lowest BCUT2D eigenvalue weighted by Gasteiger charge is -2.09. The topological polar surface area (TPSA) is 46.9 Å². The van der Waals surface area contributed by atoms with Crippen LogP contribution in [-0.2, 0) is 6.54 Å². The van der Waals surface area contributed by atoms with Crippen molar-refractivity contribution in [1.29, 1.82) is 0 Å². The number of rotatable bonds is 5. The van der Waals surface area contributed by atoms with Gasteiger partial charge in [-0.2, -0.15) is 13.2 Å². The number of halogens is 3. The maximum Gasteiger partial charge on any atom is 0.446 e. The number of nitrogens with one attached hydrogen (secondary N) is 1. The number of carbonyl (C=O) groups is 1. The summed E-state index contributed by atoms with van der Waals surface area (Å²) in [7, 11) is 0. The number of hydrogen-bond acceptors (Lipinski definition) is 3. The van der Waals surface area contributed by atoms with Crippen molar-refractivity contribution >= 4 is 23.4 Å². The Hall–Kier alpha value is -2.74. The molecule has 1 amide bonds. The Kier molecular flexibility index (Phi) is 5.55. The van der Waals surface area contributed by atoms with E-state index in [1.54, 1.807) is 18.3 Å². The third-order valence-corrected chi connectivity index (χ3v) is 4.58. The summed E-state index contributed by atoms with van der Waals surface area (Å²) in [6.07, 6.45) is 3.63. The summed E-state index contributed by atoms with van der Waals surface area (Å²) >= 11 is -0.209. The summed E-state index contributed by atoms with van der Waals surface area (Å²) in [5, 5.41) is 2.74. The molecule has 0 fully saturated rings. The molecule has 8 heteroatoms. The van der Waals surface area contributed by atoms with Crippen LogP contribution in [0.15, 0.2) is 65.8 Å². The van der Waals surface area contributed by atoms with Gasteiger partial charge < -0.3 is 9.88 Å². The van der Waals surface area contributed by atoms with Crippen LogP contribution in [0.2, 0.25) is 0 Å². The predicted molar refractivity (Wildman–Crippen MR) is 98.8 cm³/mol. The summed E-state index contributed by atoms with van der Waals surface area (Å²) < 4.78 is 39.0. The molecule has 1 N–H and O–H groups in total. The molecule has 0 bridgehead atoms. The smallest absolute Gasteiger partial charge is 0.331 e. The van der Waals surface area contributed by atoms with Gasteiger partial charge in [-0.05, 0) is 60.6 Å². The maximum atomic E-state index is 12.3. The SMILES string of the molecule is Cc1nccn1Cc1ccc(NC(=O)c2ccc(SC(F)(F)F)cc2)cc1. The first-order valence-electron chi connectivity index (χ1n) is 8.04. The van der Waals surface area contributed by atoms with Crippen molar-refractivity contribution in [3.8, 4) is 0 Å². The van der Waals surface area contributed by atoms with Crippen molar-refractivity contribution in [3.05, 3.63) is 77.9 Å². The number of anilines is 1. The number of aryl methyl sites for hydroxylation is 1. The molecule has 1 heterocycles. The lowest BCUT2D eigenvalue weighted by Crippen LogP contribution is -2.12. The number of amides is 1. The quantitative estimate of drug-likeness (QED) is 0.615. The second kappa shape index (κ2) is 7.87. The van der Waals surface area contributed by atoms with Crippen LogP contribution < -0.4 is 5.32 Å². The number of hydrogen-bond donors (Lipinski definition) is 1. The normalized spacial score (nSPS) is 11.4. The van der Waals surface area contributed by atoms with Crippen LogP contribution >= 0.6 is 11.8 Å². The van der Waals surface area contributed by atoms with Crippen LogP contribution in [-0.4, -0.2) is 21.0 Å². The molecule has 0 aliphatic heterocycles. The lowest BCUT2D eigenvalue weighted by atomic mass is 10.2. The molecule has 0 saturated heterocycles. The maximum absolute atomic E-state index is 12.3. The Balaban J connectivity index is 1.61. The molecule has 4 nitrogen and oxygen atoms in total. The monoisotopic (exact) mass is 391 g/mol. The van der Waals surface area contributed by atoms with Gasteiger partial charge in [0.25, 0.3) is 5.91 Å². The summed E-state index contributed by atoms with van der Waals surface area (Å²) in [6, 6.07) is 12.7. The van der Waals surface area contributed by atoms with Gasteiger partial charge in [0.15, 0.2) is 0 Å². The summed E-state index contributed by atoms with van der Waals surface area (Å²) in [4.78, 5) is 16.5. The fourth-order valence-electron chi connectivity index (χ4n) is 2.47. The average Bonchev–Trinajstić information content (AvgIpc) is 3.00.